The van der Waals surface area contributed by atoms with E-state index in [4.69, 9.17) is 11.6 Å². The zero-order chi connectivity index (χ0) is 18.7. The van der Waals surface area contributed by atoms with E-state index >= 15 is 0 Å². The Balaban J connectivity index is 1.85. The van der Waals surface area contributed by atoms with Gasteiger partial charge in [-0.05, 0) is 55.2 Å². The van der Waals surface area contributed by atoms with Crippen LogP contribution < -0.4 is 9.62 Å². The van der Waals surface area contributed by atoms with Crippen LogP contribution in [0, 0.1) is 0 Å². The van der Waals surface area contributed by atoms with Gasteiger partial charge < -0.3 is 5.32 Å². The first-order valence-electron chi connectivity index (χ1n) is 8.61. The SMILES string of the molecule is CCc1ccc(NC(=O)c2cc(N3CCCCS3(=O)=O)ccc2Cl)cc1. The van der Waals surface area contributed by atoms with E-state index in [0.717, 1.165) is 12.8 Å². The Morgan fingerprint density at radius 2 is 1.88 bits per heavy atom. The highest BCUT2D eigenvalue weighted by molar-refractivity contribution is 7.92. The summed E-state index contributed by atoms with van der Waals surface area (Å²) in [6.07, 6.45) is 2.38. The van der Waals surface area contributed by atoms with Crippen molar-refractivity contribution in [2.75, 3.05) is 21.9 Å². The van der Waals surface area contributed by atoms with Gasteiger partial charge in [-0.1, -0.05) is 30.7 Å². The monoisotopic (exact) mass is 392 g/mol. The first-order valence-corrected chi connectivity index (χ1v) is 10.6. The fourth-order valence-corrected chi connectivity index (χ4v) is 4.78. The fourth-order valence-electron chi connectivity index (χ4n) is 2.94. The van der Waals surface area contributed by atoms with Crippen LogP contribution in [0.25, 0.3) is 0 Å². The molecule has 7 heteroatoms. The summed E-state index contributed by atoms with van der Waals surface area (Å²) in [5.41, 5.74) is 2.57. The molecule has 1 aliphatic heterocycles. The van der Waals surface area contributed by atoms with Crippen LogP contribution >= 0.6 is 11.6 Å². The van der Waals surface area contributed by atoms with E-state index in [0.29, 0.717) is 24.3 Å². The molecule has 0 radical (unpaired) electrons. The normalized spacial score (nSPS) is 16.3. The highest BCUT2D eigenvalue weighted by Crippen LogP contribution is 2.28. The zero-order valence-electron chi connectivity index (χ0n) is 14.5. The van der Waals surface area contributed by atoms with Crippen molar-refractivity contribution >= 4 is 38.9 Å². The lowest BCUT2D eigenvalue weighted by Crippen LogP contribution is -2.38. The first-order chi connectivity index (χ1) is 12.4. The number of amides is 1. The van der Waals surface area contributed by atoms with Gasteiger partial charge in [-0.25, -0.2) is 8.42 Å². The van der Waals surface area contributed by atoms with E-state index in [1.54, 1.807) is 18.2 Å². The Labute approximate surface area is 159 Å². The van der Waals surface area contributed by atoms with Crippen molar-refractivity contribution in [1.82, 2.24) is 0 Å². The maximum atomic E-state index is 12.6. The molecule has 5 nitrogen and oxygen atoms in total. The van der Waals surface area contributed by atoms with Crippen molar-refractivity contribution in [3.8, 4) is 0 Å². The predicted molar refractivity (Wildman–Crippen MR) is 106 cm³/mol. The molecule has 2 aromatic rings. The van der Waals surface area contributed by atoms with Crippen molar-refractivity contribution in [1.29, 1.82) is 0 Å². The number of benzene rings is 2. The molecule has 0 aromatic heterocycles. The Morgan fingerprint density at radius 3 is 2.54 bits per heavy atom. The summed E-state index contributed by atoms with van der Waals surface area (Å²) in [4.78, 5) is 12.6. The third-order valence-electron chi connectivity index (χ3n) is 4.45. The molecule has 0 spiro atoms. The third-order valence-corrected chi connectivity index (χ3v) is 6.65. The number of anilines is 2. The molecule has 1 fully saturated rings. The second kappa shape index (κ2) is 7.68. The number of hydrogen-bond acceptors (Lipinski definition) is 3. The van der Waals surface area contributed by atoms with Crippen LogP contribution in [0.1, 0.15) is 35.7 Å². The molecule has 0 atom stereocenters. The van der Waals surface area contributed by atoms with Gasteiger partial charge in [0.05, 0.1) is 22.0 Å². The molecule has 26 heavy (non-hydrogen) atoms. The number of hydrogen-bond donors (Lipinski definition) is 1. The number of nitrogens with one attached hydrogen (secondary N) is 1. The molecule has 0 unspecified atom stereocenters. The quantitative estimate of drug-likeness (QED) is 0.852. The number of carbonyl (C=O) groups excluding carboxylic acids is 1. The average molecular weight is 393 g/mol. The second-order valence-electron chi connectivity index (χ2n) is 6.26. The number of halogens is 1. The lowest BCUT2D eigenvalue weighted by atomic mass is 10.1. The summed E-state index contributed by atoms with van der Waals surface area (Å²) in [5.74, 6) is -0.239. The van der Waals surface area contributed by atoms with Crippen LogP contribution in [0.4, 0.5) is 11.4 Å². The van der Waals surface area contributed by atoms with Gasteiger partial charge in [0.25, 0.3) is 5.91 Å². The van der Waals surface area contributed by atoms with E-state index < -0.39 is 10.0 Å². The highest BCUT2D eigenvalue weighted by Gasteiger charge is 2.27. The minimum Gasteiger partial charge on any atom is -0.322 e. The summed E-state index contributed by atoms with van der Waals surface area (Å²) in [6, 6.07) is 12.3. The van der Waals surface area contributed by atoms with E-state index in [1.165, 1.54) is 9.87 Å². The van der Waals surface area contributed by atoms with Gasteiger partial charge in [-0.3, -0.25) is 9.10 Å². The Kier molecular flexibility index (Phi) is 5.53. The van der Waals surface area contributed by atoms with Gasteiger partial charge in [-0.2, -0.15) is 0 Å². The van der Waals surface area contributed by atoms with E-state index in [9.17, 15) is 13.2 Å². The van der Waals surface area contributed by atoms with Gasteiger partial charge in [-0.15, -0.1) is 0 Å². The molecule has 3 rings (SSSR count). The van der Waals surface area contributed by atoms with E-state index in [-0.39, 0.29) is 22.2 Å². The minimum atomic E-state index is -3.34. The van der Waals surface area contributed by atoms with Crippen LogP contribution in [-0.2, 0) is 16.4 Å². The number of nitrogens with zero attached hydrogens (tertiary/aromatic N) is 1. The van der Waals surface area contributed by atoms with Gasteiger partial charge in [0.2, 0.25) is 10.0 Å². The molecule has 0 saturated carbocycles. The standard InChI is InChI=1S/C19H21ClN2O3S/c1-2-14-5-7-15(8-6-14)21-19(23)17-13-16(9-10-18(17)20)22-11-3-4-12-26(22,24)25/h5-10,13H,2-4,11-12H2,1H3,(H,21,23). The third kappa shape index (κ3) is 4.02. The molecule has 0 bridgehead atoms. The lowest BCUT2D eigenvalue weighted by Gasteiger charge is -2.28. The molecule has 1 saturated heterocycles. The number of aryl methyl sites for hydroxylation is 1. The van der Waals surface area contributed by atoms with Crippen LogP contribution in [0.2, 0.25) is 5.02 Å². The summed E-state index contributed by atoms with van der Waals surface area (Å²) in [6.45, 7) is 2.48. The lowest BCUT2D eigenvalue weighted by molar-refractivity contribution is 0.102. The maximum Gasteiger partial charge on any atom is 0.257 e. The van der Waals surface area contributed by atoms with Crippen molar-refractivity contribution < 1.29 is 13.2 Å². The maximum absolute atomic E-state index is 12.6. The Hall–Kier alpha value is -2.05. The summed E-state index contributed by atoms with van der Waals surface area (Å²) < 4.78 is 25.9. The molecule has 138 valence electrons. The number of carbonyl (C=O) groups is 1. The van der Waals surface area contributed by atoms with Crippen LogP contribution in [0.15, 0.2) is 42.5 Å². The molecule has 0 aliphatic carbocycles. The predicted octanol–water partition coefficient (Wildman–Crippen LogP) is 4.08. The largest absolute Gasteiger partial charge is 0.322 e. The van der Waals surface area contributed by atoms with Crippen molar-refractivity contribution in [2.45, 2.75) is 26.2 Å². The minimum absolute atomic E-state index is 0.126. The number of sulfonamides is 1. The van der Waals surface area contributed by atoms with Gasteiger partial charge >= 0.3 is 0 Å². The van der Waals surface area contributed by atoms with Gasteiger partial charge in [0.15, 0.2) is 0 Å². The van der Waals surface area contributed by atoms with Crippen molar-refractivity contribution in [2.24, 2.45) is 0 Å². The summed E-state index contributed by atoms with van der Waals surface area (Å²) >= 11 is 6.19. The molecule has 1 amide bonds. The topological polar surface area (TPSA) is 66.5 Å². The second-order valence-corrected chi connectivity index (χ2v) is 8.68. The van der Waals surface area contributed by atoms with Crippen molar-refractivity contribution in [3.05, 3.63) is 58.6 Å². The molecule has 1 aliphatic rings. The zero-order valence-corrected chi connectivity index (χ0v) is 16.1. The first kappa shape index (κ1) is 18.7. The van der Waals surface area contributed by atoms with Crippen LogP contribution in [-0.4, -0.2) is 26.6 Å². The number of rotatable bonds is 4. The van der Waals surface area contributed by atoms with Gasteiger partial charge in [0.1, 0.15) is 0 Å². The average Bonchev–Trinajstić information content (AvgIpc) is 2.62. The molecule has 1 heterocycles. The Morgan fingerprint density at radius 1 is 1.15 bits per heavy atom. The molecule has 2 aromatic carbocycles. The van der Waals surface area contributed by atoms with Crippen molar-refractivity contribution in [3.63, 3.8) is 0 Å². The Bertz CT molecular complexity index is 911. The van der Waals surface area contributed by atoms with E-state index in [2.05, 4.69) is 12.2 Å². The summed E-state index contributed by atoms with van der Waals surface area (Å²) in [5, 5.41) is 3.09. The molecular formula is C19H21ClN2O3S. The molecular weight excluding hydrogens is 372 g/mol. The highest BCUT2D eigenvalue weighted by atomic mass is 35.5. The van der Waals surface area contributed by atoms with Crippen LogP contribution in [0.3, 0.4) is 0 Å². The van der Waals surface area contributed by atoms with Gasteiger partial charge in [0, 0.05) is 12.2 Å². The molecule has 1 N–H and O–H groups in total. The summed E-state index contributed by atoms with van der Waals surface area (Å²) in [7, 11) is -3.34. The fraction of sp³-hybridized carbons (Fsp3) is 0.316. The van der Waals surface area contributed by atoms with Crippen LogP contribution in [0.5, 0.6) is 0 Å². The van der Waals surface area contributed by atoms with E-state index in [1.807, 2.05) is 24.3 Å². The smallest absolute Gasteiger partial charge is 0.257 e.